The summed E-state index contributed by atoms with van der Waals surface area (Å²) in [7, 11) is 0. The van der Waals surface area contributed by atoms with E-state index < -0.39 is 0 Å². The molecular weight excluding hydrogens is 264 g/mol. The predicted octanol–water partition coefficient (Wildman–Crippen LogP) is 1.76. The van der Waals surface area contributed by atoms with E-state index in [1.807, 2.05) is 23.1 Å². The lowest BCUT2D eigenvalue weighted by Crippen LogP contribution is -2.32. The van der Waals surface area contributed by atoms with Gasteiger partial charge in [0.1, 0.15) is 0 Å². The smallest absolute Gasteiger partial charge is 0.222 e. The van der Waals surface area contributed by atoms with Crippen LogP contribution in [0.15, 0.2) is 30.3 Å². The summed E-state index contributed by atoms with van der Waals surface area (Å²) in [5.74, 6) is 1.08. The Morgan fingerprint density at radius 1 is 1.29 bits per heavy atom. The highest BCUT2D eigenvalue weighted by Crippen LogP contribution is 2.27. The molecule has 0 radical (unpaired) electrons. The number of ether oxygens (including phenoxy) is 1. The lowest BCUT2D eigenvalue weighted by atomic mass is 9.95. The normalized spacial score (nSPS) is 29.0. The minimum atomic E-state index is 0.0474. The maximum atomic E-state index is 12.4. The number of benzene rings is 1. The molecule has 0 aliphatic carbocycles. The van der Waals surface area contributed by atoms with Gasteiger partial charge >= 0.3 is 0 Å². The van der Waals surface area contributed by atoms with Gasteiger partial charge < -0.3 is 15.4 Å². The summed E-state index contributed by atoms with van der Waals surface area (Å²) in [6, 6.07) is 10.3. The third-order valence-electron chi connectivity index (χ3n) is 4.74. The van der Waals surface area contributed by atoms with Gasteiger partial charge in [0.25, 0.3) is 0 Å². The molecule has 114 valence electrons. The average Bonchev–Trinajstić information content (AvgIpc) is 3.15. The fraction of sp³-hybridized carbons (Fsp3) is 0.588. The van der Waals surface area contributed by atoms with Gasteiger partial charge in [-0.15, -0.1) is 0 Å². The number of likely N-dealkylation sites (tertiary alicyclic amines) is 1. The van der Waals surface area contributed by atoms with Crippen molar-refractivity contribution in [1.82, 2.24) is 4.90 Å². The number of carbonyl (C=O) groups excluding carboxylic acids is 1. The summed E-state index contributed by atoms with van der Waals surface area (Å²) >= 11 is 0. The first-order valence-corrected chi connectivity index (χ1v) is 7.90. The van der Waals surface area contributed by atoms with E-state index in [1.54, 1.807) is 0 Å². The zero-order valence-corrected chi connectivity index (χ0v) is 12.4. The molecule has 2 heterocycles. The number of carbonyl (C=O) groups is 1. The van der Waals surface area contributed by atoms with Crippen LogP contribution < -0.4 is 5.73 Å². The van der Waals surface area contributed by atoms with E-state index >= 15 is 0 Å². The molecule has 2 aliphatic rings. The Balaban J connectivity index is 1.54. The highest BCUT2D eigenvalue weighted by molar-refractivity contribution is 5.76. The Bertz CT molecular complexity index is 471. The first-order chi connectivity index (χ1) is 10.2. The molecule has 2 saturated heterocycles. The van der Waals surface area contributed by atoms with Crippen molar-refractivity contribution in [3.05, 3.63) is 35.9 Å². The zero-order valence-electron chi connectivity index (χ0n) is 12.4. The van der Waals surface area contributed by atoms with Crippen LogP contribution in [0.3, 0.4) is 0 Å². The fourth-order valence-corrected chi connectivity index (χ4v) is 3.38. The van der Waals surface area contributed by atoms with Crippen LogP contribution in [0.1, 0.15) is 30.7 Å². The Morgan fingerprint density at radius 3 is 2.81 bits per heavy atom. The SMILES string of the molecule is N[C@@H]1CN(C(=O)CCC2CCOC2)C[C@H]1c1ccccc1. The Labute approximate surface area is 126 Å². The van der Waals surface area contributed by atoms with E-state index in [0.29, 0.717) is 18.9 Å². The number of rotatable bonds is 4. The van der Waals surface area contributed by atoms with Crippen molar-refractivity contribution in [3.63, 3.8) is 0 Å². The number of amides is 1. The third-order valence-corrected chi connectivity index (χ3v) is 4.74. The summed E-state index contributed by atoms with van der Waals surface area (Å²) < 4.78 is 5.36. The van der Waals surface area contributed by atoms with Gasteiger partial charge in [0, 0.05) is 44.7 Å². The highest BCUT2D eigenvalue weighted by atomic mass is 16.5. The van der Waals surface area contributed by atoms with Gasteiger partial charge in [-0.1, -0.05) is 30.3 Å². The molecule has 1 amide bonds. The summed E-state index contributed by atoms with van der Waals surface area (Å²) in [4.78, 5) is 14.3. The van der Waals surface area contributed by atoms with Crippen LogP contribution in [0.4, 0.5) is 0 Å². The van der Waals surface area contributed by atoms with E-state index in [0.717, 1.165) is 32.6 Å². The molecule has 4 nitrogen and oxygen atoms in total. The quantitative estimate of drug-likeness (QED) is 0.918. The minimum absolute atomic E-state index is 0.0474. The van der Waals surface area contributed by atoms with Crippen molar-refractivity contribution >= 4 is 5.91 Å². The molecule has 0 spiro atoms. The van der Waals surface area contributed by atoms with Crippen LogP contribution >= 0.6 is 0 Å². The maximum absolute atomic E-state index is 12.4. The van der Waals surface area contributed by atoms with Crippen LogP contribution in [0.5, 0.6) is 0 Å². The van der Waals surface area contributed by atoms with Crippen molar-refractivity contribution < 1.29 is 9.53 Å². The first-order valence-electron chi connectivity index (χ1n) is 7.90. The number of hydrogen-bond acceptors (Lipinski definition) is 3. The monoisotopic (exact) mass is 288 g/mol. The molecule has 21 heavy (non-hydrogen) atoms. The molecule has 2 fully saturated rings. The van der Waals surface area contributed by atoms with E-state index in [1.165, 1.54) is 5.56 Å². The molecule has 0 saturated carbocycles. The standard InChI is InChI=1S/C17H24N2O2/c18-16-11-19(10-15(16)14-4-2-1-3-5-14)17(20)7-6-13-8-9-21-12-13/h1-5,13,15-16H,6-12,18H2/t13?,15-,16+/m0/s1. The minimum Gasteiger partial charge on any atom is -0.381 e. The summed E-state index contributed by atoms with van der Waals surface area (Å²) in [6.07, 6.45) is 2.67. The van der Waals surface area contributed by atoms with Gasteiger partial charge in [-0.25, -0.2) is 0 Å². The highest BCUT2D eigenvalue weighted by Gasteiger charge is 2.33. The predicted molar refractivity (Wildman–Crippen MR) is 81.9 cm³/mol. The van der Waals surface area contributed by atoms with Gasteiger partial charge in [0.05, 0.1) is 0 Å². The molecule has 2 aliphatic heterocycles. The van der Waals surface area contributed by atoms with E-state index in [2.05, 4.69) is 12.1 Å². The van der Waals surface area contributed by atoms with Crippen molar-refractivity contribution in [2.24, 2.45) is 11.7 Å². The van der Waals surface area contributed by atoms with Crippen LogP contribution in [0.25, 0.3) is 0 Å². The molecule has 2 N–H and O–H groups in total. The van der Waals surface area contributed by atoms with Crippen LogP contribution in [-0.2, 0) is 9.53 Å². The van der Waals surface area contributed by atoms with Crippen LogP contribution in [-0.4, -0.2) is 43.2 Å². The van der Waals surface area contributed by atoms with Crippen LogP contribution in [0.2, 0.25) is 0 Å². The molecule has 1 unspecified atom stereocenters. The molecule has 0 bridgehead atoms. The second-order valence-corrected chi connectivity index (χ2v) is 6.25. The molecule has 3 rings (SSSR count). The van der Waals surface area contributed by atoms with Crippen molar-refractivity contribution in [3.8, 4) is 0 Å². The fourth-order valence-electron chi connectivity index (χ4n) is 3.38. The molecule has 3 atom stereocenters. The zero-order chi connectivity index (χ0) is 14.7. The molecule has 4 heteroatoms. The largest absolute Gasteiger partial charge is 0.381 e. The summed E-state index contributed by atoms with van der Waals surface area (Å²) in [5.41, 5.74) is 7.48. The summed E-state index contributed by atoms with van der Waals surface area (Å²) in [6.45, 7) is 3.10. The van der Waals surface area contributed by atoms with Crippen molar-refractivity contribution in [2.45, 2.75) is 31.2 Å². The van der Waals surface area contributed by atoms with Gasteiger partial charge in [-0.2, -0.15) is 0 Å². The first kappa shape index (κ1) is 14.5. The second-order valence-electron chi connectivity index (χ2n) is 6.25. The molecule has 0 aromatic heterocycles. The Hall–Kier alpha value is -1.39. The van der Waals surface area contributed by atoms with E-state index in [4.69, 9.17) is 10.5 Å². The van der Waals surface area contributed by atoms with Crippen molar-refractivity contribution in [2.75, 3.05) is 26.3 Å². The average molecular weight is 288 g/mol. The number of nitrogens with zero attached hydrogens (tertiary/aromatic N) is 1. The number of nitrogens with two attached hydrogens (primary N) is 1. The Morgan fingerprint density at radius 2 is 2.10 bits per heavy atom. The molecule has 1 aromatic carbocycles. The molecular formula is C17H24N2O2. The van der Waals surface area contributed by atoms with Gasteiger partial charge in [0.15, 0.2) is 0 Å². The van der Waals surface area contributed by atoms with Gasteiger partial charge in [0.2, 0.25) is 5.91 Å². The lowest BCUT2D eigenvalue weighted by molar-refractivity contribution is -0.130. The second kappa shape index (κ2) is 6.58. The third kappa shape index (κ3) is 3.44. The van der Waals surface area contributed by atoms with Crippen LogP contribution in [0, 0.1) is 5.92 Å². The number of hydrogen-bond donors (Lipinski definition) is 1. The van der Waals surface area contributed by atoms with E-state index in [9.17, 15) is 4.79 Å². The van der Waals surface area contributed by atoms with Gasteiger partial charge in [-0.05, 0) is 24.3 Å². The van der Waals surface area contributed by atoms with Gasteiger partial charge in [-0.3, -0.25) is 4.79 Å². The van der Waals surface area contributed by atoms with E-state index in [-0.39, 0.29) is 17.9 Å². The topological polar surface area (TPSA) is 55.6 Å². The Kier molecular flexibility index (Phi) is 4.56. The van der Waals surface area contributed by atoms with Crippen molar-refractivity contribution in [1.29, 1.82) is 0 Å². The molecule has 1 aromatic rings. The summed E-state index contributed by atoms with van der Waals surface area (Å²) in [5, 5.41) is 0. The maximum Gasteiger partial charge on any atom is 0.222 e. The lowest BCUT2D eigenvalue weighted by Gasteiger charge is -2.17.